The fourth-order valence-electron chi connectivity index (χ4n) is 3.79. The number of ether oxygens (including phenoxy) is 1. The maximum Gasteiger partial charge on any atom is 0.417 e. The Balaban J connectivity index is 1.73. The van der Waals surface area contributed by atoms with Crippen LogP contribution in [0.15, 0.2) is 17.1 Å². The summed E-state index contributed by atoms with van der Waals surface area (Å²) in [4.78, 5) is 24.2. The number of hydrogen-bond donors (Lipinski definition) is 1. The smallest absolute Gasteiger partial charge is 0.377 e. The summed E-state index contributed by atoms with van der Waals surface area (Å²) in [7, 11) is 0. The summed E-state index contributed by atoms with van der Waals surface area (Å²) in [6.45, 7) is 2.15. The molecule has 0 spiro atoms. The lowest BCUT2D eigenvalue weighted by molar-refractivity contribution is -0.138. The molecule has 0 unspecified atom stereocenters. The first-order chi connectivity index (χ1) is 11.7. The van der Waals surface area contributed by atoms with Gasteiger partial charge in [-0.2, -0.15) is 13.2 Å². The molecule has 1 saturated heterocycles. The van der Waals surface area contributed by atoms with Crippen molar-refractivity contribution < 1.29 is 22.7 Å². The Labute approximate surface area is 147 Å². The minimum Gasteiger partial charge on any atom is -0.377 e. The lowest BCUT2D eigenvalue weighted by atomic mass is 9.65. The summed E-state index contributed by atoms with van der Waals surface area (Å²) < 4.78 is 44.9. The highest BCUT2D eigenvalue weighted by molar-refractivity contribution is 6.30. The van der Waals surface area contributed by atoms with E-state index in [-0.39, 0.29) is 24.0 Å². The maximum atomic E-state index is 12.8. The third-order valence-corrected chi connectivity index (χ3v) is 5.28. The monoisotopic (exact) mass is 378 g/mol. The molecule has 1 aromatic heterocycles. The van der Waals surface area contributed by atoms with Crippen LogP contribution in [-0.4, -0.2) is 29.2 Å². The SMILES string of the molecule is CC[C@@H]1[C@@H](NC(=O)Cn2cc(C(F)(F)F)cc(Cl)c2=O)[C@@H]2CCO[C@H]12. The molecule has 2 aliphatic rings. The van der Waals surface area contributed by atoms with Gasteiger partial charge in [0.1, 0.15) is 11.6 Å². The average molecular weight is 379 g/mol. The maximum absolute atomic E-state index is 12.8. The molecule has 2 fully saturated rings. The molecule has 1 saturated carbocycles. The first kappa shape index (κ1) is 18.3. The van der Waals surface area contributed by atoms with E-state index in [1.54, 1.807) is 0 Å². The Morgan fingerprint density at radius 3 is 2.84 bits per heavy atom. The van der Waals surface area contributed by atoms with E-state index in [0.717, 1.165) is 12.8 Å². The summed E-state index contributed by atoms with van der Waals surface area (Å²) in [5, 5.41) is 2.27. The van der Waals surface area contributed by atoms with Crippen LogP contribution in [0.5, 0.6) is 0 Å². The molecule has 0 aromatic carbocycles. The standard InChI is InChI=1S/C16H18ClF3N2O3/c1-2-9-13(10-3-4-25-14(9)10)21-12(23)7-22-6-8(16(18,19)20)5-11(17)15(22)24/h5-6,9-10,13-14H,2-4,7H2,1H3,(H,21,23)/t9-,10+,13-,14-/m1/s1. The number of halogens is 4. The van der Waals surface area contributed by atoms with E-state index in [0.29, 0.717) is 23.4 Å². The van der Waals surface area contributed by atoms with Crippen molar-refractivity contribution in [3.63, 3.8) is 0 Å². The lowest BCUT2D eigenvalue weighted by Gasteiger charge is -2.47. The molecular weight excluding hydrogens is 361 g/mol. The fraction of sp³-hybridized carbons (Fsp3) is 0.625. The van der Waals surface area contributed by atoms with E-state index < -0.39 is 34.8 Å². The minimum atomic E-state index is -4.65. The van der Waals surface area contributed by atoms with E-state index in [2.05, 4.69) is 5.32 Å². The Morgan fingerprint density at radius 1 is 1.48 bits per heavy atom. The number of carbonyl (C=O) groups excluding carboxylic acids is 1. The number of amides is 1. The molecule has 1 amide bonds. The van der Waals surface area contributed by atoms with Crippen LogP contribution in [0.2, 0.25) is 5.02 Å². The number of fused-ring (bicyclic) bond motifs is 1. The molecule has 3 rings (SSSR count). The normalized spacial score (nSPS) is 28.4. The van der Waals surface area contributed by atoms with Gasteiger partial charge in [0.05, 0.1) is 11.7 Å². The van der Waals surface area contributed by atoms with Crippen LogP contribution in [0, 0.1) is 11.8 Å². The fourth-order valence-corrected chi connectivity index (χ4v) is 4.01. The molecule has 1 aliphatic carbocycles. The highest BCUT2D eigenvalue weighted by Crippen LogP contribution is 2.45. The zero-order valence-electron chi connectivity index (χ0n) is 13.5. The van der Waals surface area contributed by atoms with Crippen LogP contribution in [0.1, 0.15) is 25.3 Å². The van der Waals surface area contributed by atoms with Gasteiger partial charge in [0.2, 0.25) is 5.91 Å². The van der Waals surface area contributed by atoms with Gasteiger partial charge in [-0.15, -0.1) is 0 Å². The van der Waals surface area contributed by atoms with Gasteiger partial charge in [0.25, 0.3) is 5.56 Å². The molecule has 1 aliphatic heterocycles. The Kier molecular flexibility index (Phi) is 4.85. The minimum absolute atomic E-state index is 0.0676. The molecule has 1 aromatic rings. The van der Waals surface area contributed by atoms with Gasteiger partial charge in [0.15, 0.2) is 0 Å². The van der Waals surface area contributed by atoms with Crippen molar-refractivity contribution in [1.82, 2.24) is 9.88 Å². The zero-order valence-corrected chi connectivity index (χ0v) is 14.2. The molecule has 5 nitrogen and oxygen atoms in total. The van der Waals surface area contributed by atoms with E-state index in [1.807, 2.05) is 6.92 Å². The summed E-state index contributed by atoms with van der Waals surface area (Å²) in [5.41, 5.74) is -1.89. The number of nitrogens with one attached hydrogen (secondary N) is 1. The predicted octanol–water partition coefficient (Wildman–Crippen LogP) is 2.45. The lowest BCUT2D eigenvalue weighted by Crippen LogP contribution is -2.61. The van der Waals surface area contributed by atoms with E-state index in [1.165, 1.54) is 0 Å². The van der Waals surface area contributed by atoms with Crippen LogP contribution in [-0.2, 0) is 22.3 Å². The topological polar surface area (TPSA) is 60.3 Å². The second-order valence-electron chi connectivity index (χ2n) is 6.46. The average Bonchev–Trinajstić information content (AvgIpc) is 2.93. The molecule has 2 heterocycles. The van der Waals surface area contributed by atoms with Gasteiger partial charge in [-0.25, -0.2) is 0 Å². The Bertz CT molecular complexity index is 734. The molecule has 0 radical (unpaired) electrons. The Morgan fingerprint density at radius 2 is 2.20 bits per heavy atom. The second kappa shape index (κ2) is 6.64. The third-order valence-electron chi connectivity index (χ3n) is 5.01. The highest BCUT2D eigenvalue weighted by atomic mass is 35.5. The van der Waals surface area contributed by atoms with Crippen LogP contribution in [0.3, 0.4) is 0 Å². The van der Waals surface area contributed by atoms with Crippen molar-refractivity contribution in [3.05, 3.63) is 33.2 Å². The molecule has 1 N–H and O–H groups in total. The van der Waals surface area contributed by atoms with Crippen LogP contribution >= 0.6 is 11.6 Å². The molecular formula is C16H18ClF3N2O3. The van der Waals surface area contributed by atoms with Crippen LogP contribution < -0.4 is 10.9 Å². The van der Waals surface area contributed by atoms with Crippen molar-refractivity contribution in [3.8, 4) is 0 Å². The molecule has 9 heteroatoms. The van der Waals surface area contributed by atoms with Crippen LogP contribution in [0.25, 0.3) is 0 Å². The first-order valence-corrected chi connectivity index (χ1v) is 8.48. The molecule has 0 bridgehead atoms. The molecule has 138 valence electrons. The number of nitrogens with zero attached hydrogens (tertiary/aromatic N) is 1. The van der Waals surface area contributed by atoms with Crippen LogP contribution in [0.4, 0.5) is 13.2 Å². The first-order valence-electron chi connectivity index (χ1n) is 8.10. The molecule has 25 heavy (non-hydrogen) atoms. The zero-order chi connectivity index (χ0) is 18.4. The van der Waals surface area contributed by atoms with E-state index in [4.69, 9.17) is 16.3 Å². The van der Waals surface area contributed by atoms with Crippen molar-refractivity contribution in [2.45, 2.75) is 44.6 Å². The van der Waals surface area contributed by atoms with Gasteiger partial charge < -0.3 is 14.6 Å². The van der Waals surface area contributed by atoms with Crippen molar-refractivity contribution in [1.29, 1.82) is 0 Å². The summed E-state index contributed by atoms with van der Waals surface area (Å²) in [6.07, 6.45) is -2.21. The number of carbonyl (C=O) groups is 1. The number of aromatic nitrogens is 1. The summed E-state index contributed by atoms with van der Waals surface area (Å²) >= 11 is 5.59. The number of pyridine rings is 1. The van der Waals surface area contributed by atoms with Crippen molar-refractivity contribution in [2.24, 2.45) is 11.8 Å². The predicted molar refractivity (Wildman–Crippen MR) is 84.3 cm³/mol. The van der Waals surface area contributed by atoms with Gasteiger partial charge in [-0.05, 0) is 18.9 Å². The Hall–Kier alpha value is -1.54. The van der Waals surface area contributed by atoms with Gasteiger partial charge in [0, 0.05) is 30.7 Å². The quantitative estimate of drug-likeness (QED) is 0.875. The van der Waals surface area contributed by atoms with E-state index >= 15 is 0 Å². The largest absolute Gasteiger partial charge is 0.417 e. The van der Waals surface area contributed by atoms with E-state index in [9.17, 15) is 22.8 Å². The van der Waals surface area contributed by atoms with Gasteiger partial charge >= 0.3 is 6.18 Å². The second-order valence-corrected chi connectivity index (χ2v) is 6.87. The number of alkyl halides is 3. The third kappa shape index (κ3) is 3.42. The van der Waals surface area contributed by atoms with Gasteiger partial charge in [-0.1, -0.05) is 18.5 Å². The van der Waals surface area contributed by atoms with Gasteiger partial charge in [-0.3, -0.25) is 9.59 Å². The number of rotatable bonds is 4. The molecule has 4 atom stereocenters. The summed E-state index contributed by atoms with van der Waals surface area (Å²) in [5.74, 6) is -0.0831. The summed E-state index contributed by atoms with van der Waals surface area (Å²) in [6, 6.07) is 0.500. The van der Waals surface area contributed by atoms with Crippen molar-refractivity contribution in [2.75, 3.05) is 6.61 Å². The number of hydrogen-bond acceptors (Lipinski definition) is 3. The highest BCUT2D eigenvalue weighted by Gasteiger charge is 2.53. The van der Waals surface area contributed by atoms with Crippen molar-refractivity contribution >= 4 is 17.5 Å².